The van der Waals surface area contributed by atoms with Crippen LogP contribution in [0, 0.1) is 12.7 Å². The third-order valence-corrected chi connectivity index (χ3v) is 5.16. The van der Waals surface area contributed by atoms with Crippen LogP contribution in [0.5, 0.6) is 5.88 Å². The van der Waals surface area contributed by atoms with Crippen molar-refractivity contribution in [2.45, 2.75) is 12.8 Å². The van der Waals surface area contributed by atoms with Gasteiger partial charge in [0.1, 0.15) is 5.82 Å². The van der Waals surface area contributed by atoms with Gasteiger partial charge in [-0.1, -0.05) is 30.3 Å². The summed E-state index contributed by atoms with van der Waals surface area (Å²) in [5.41, 5.74) is 3.22. The second kappa shape index (κ2) is 9.64. The molecule has 1 unspecified atom stereocenters. The fraction of sp³-hybridized carbons (Fsp3) is 0.211. The predicted molar refractivity (Wildman–Crippen MR) is 109 cm³/mol. The Labute approximate surface area is 177 Å². The zero-order valence-corrected chi connectivity index (χ0v) is 17.2. The van der Waals surface area contributed by atoms with E-state index in [0.717, 1.165) is 0 Å². The van der Waals surface area contributed by atoms with Gasteiger partial charge in [0, 0.05) is 5.92 Å². The maximum Gasteiger partial charge on any atom is 0.287 e. The van der Waals surface area contributed by atoms with Crippen molar-refractivity contribution < 1.29 is 27.4 Å². The van der Waals surface area contributed by atoms with Crippen molar-refractivity contribution in [3.05, 3.63) is 71.2 Å². The lowest BCUT2D eigenvalue weighted by Crippen LogP contribution is -2.26. The van der Waals surface area contributed by atoms with Gasteiger partial charge < -0.3 is 4.74 Å². The molecule has 4 N–H and O–H groups in total. The van der Waals surface area contributed by atoms with E-state index < -0.39 is 21.8 Å². The predicted octanol–water partition coefficient (Wildman–Crippen LogP) is 2.03. The lowest BCUT2D eigenvalue weighted by atomic mass is 10.0. The number of nitrogens with one attached hydrogen (secondary N) is 1. The summed E-state index contributed by atoms with van der Waals surface area (Å²) in [6.07, 6.45) is 0. The molecule has 0 spiro atoms. The number of halogens is 1. The fourth-order valence-electron chi connectivity index (χ4n) is 2.80. The summed E-state index contributed by atoms with van der Waals surface area (Å²) in [6, 6.07) is 12.9. The van der Waals surface area contributed by atoms with Gasteiger partial charge in [-0.15, -0.1) is 0 Å². The molecule has 0 saturated carbocycles. The average molecular weight is 449 g/mol. The Bertz CT molecular complexity index is 1170. The highest BCUT2D eigenvalue weighted by molar-refractivity contribution is 7.89. The lowest BCUT2D eigenvalue weighted by molar-refractivity contribution is 0.233. The van der Waals surface area contributed by atoms with Crippen molar-refractivity contribution in [2.75, 3.05) is 12.4 Å². The van der Waals surface area contributed by atoms with Crippen LogP contribution in [0.3, 0.4) is 0 Å². The highest BCUT2D eigenvalue weighted by atomic mass is 32.2. The number of hydrogen-bond acceptors (Lipinski definition) is 8. The zero-order valence-electron chi connectivity index (χ0n) is 16.4. The summed E-state index contributed by atoms with van der Waals surface area (Å²) in [5.74, 6) is -1.64. The van der Waals surface area contributed by atoms with Gasteiger partial charge >= 0.3 is 0 Å². The minimum Gasteiger partial charge on any atom is -0.473 e. The molecule has 3 aromatic rings. The topological polar surface area (TPSA) is 153 Å². The first-order valence-electron chi connectivity index (χ1n) is 9.03. The number of aromatic nitrogens is 2. The second-order valence-corrected chi connectivity index (χ2v) is 8.33. The van der Waals surface area contributed by atoms with Crippen LogP contribution in [0.25, 0.3) is 0 Å². The fourth-order valence-corrected chi connectivity index (χ4v) is 3.65. The number of hydrogen-bond donors (Lipinski definition) is 3. The van der Waals surface area contributed by atoms with Gasteiger partial charge in [-0.05, 0) is 46.6 Å². The van der Waals surface area contributed by atoms with Gasteiger partial charge in [-0.25, -0.2) is 27.6 Å². The summed E-state index contributed by atoms with van der Waals surface area (Å²) in [4.78, 5) is 4.16. The summed E-state index contributed by atoms with van der Waals surface area (Å²) < 4.78 is 47.1. The molecule has 31 heavy (non-hydrogen) atoms. The Morgan fingerprint density at radius 2 is 2.03 bits per heavy atom. The van der Waals surface area contributed by atoms with Gasteiger partial charge in [-0.2, -0.15) is 0 Å². The molecule has 0 aliphatic rings. The summed E-state index contributed by atoms with van der Waals surface area (Å²) in [5, 5.41) is 22.0. The Morgan fingerprint density at radius 1 is 1.29 bits per heavy atom. The van der Waals surface area contributed by atoms with Crippen molar-refractivity contribution in [3.8, 4) is 5.88 Å². The van der Waals surface area contributed by atoms with Crippen LogP contribution in [0.2, 0.25) is 0 Å². The number of nitrogens with zero attached hydrogens (tertiary/aromatic N) is 3. The van der Waals surface area contributed by atoms with E-state index >= 15 is 0 Å². The largest absolute Gasteiger partial charge is 0.473 e. The maximum absolute atomic E-state index is 13.5. The summed E-state index contributed by atoms with van der Waals surface area (Å²) >= 11 is 0. The Hall–Kier alpha value is -3.35. The average Bonchev–Trinajstić information content (AvgIpc) is 3.20. The molecule has 0 aliphatic heterocycles. The van der Waals surface area contributed by atoms with E-state index in [1.807, 2.05) is 5.48 Å². The van der Waals surface area contributed by atoms with Crippen LogP contribution in [0.4, 0.5) is 10.1 Å². The van der Waals surface area contributed by atoms with Crippen LogP contribution >= 0.6 is 0 Å². The molecule has 0 aliphatic carbocycles. The third kappa shape index (κ3) is 6.07. The number of hydroxylamine groups is 1. The molecule has 3 rings (SSSR count). The molecule has 1 aromatic heterocycles. The number of ether oxygens (including phenoxy) is 1. The molecular weight excluding hydrogens is 429 g/mol. The van der Waals surface area contributed by atoms with Crippen molar-refractivity contribution >= 4 is 21.5 Å². The van der Waals surface area contributed by atoms with Crippen molar-refractivity contribution in [3.63, 3.8) is 0 Å². The van der Waals surface area contributed by atoms with E-state index in [1.165, 1.54) is 18.2 Å². The van der Waals surface area contributed by atoms with E-state index in [4.69, 9.17) is 9.88 Å². The number of primary sulfonamides is 1. The molecule has 0 radical (unpaired) electrons. The third-order valence-electron chi connectivity index (χ3n) is 4.30. The normalized spacial score (nSPS) is 13.1. The SMILES string of the molecule is Cc1cc(N=C(NO)c2nonc2OCC(CS(N)(=O)=O)c2ccccc2)ccc1F. The van der Waals surface area contributed by atoms with E-state index in [9.17, 15) is 18.0 Å². The number of amidine groups is 1. The van der Waals surface area contributed by atoms with E-state index in [-0.39, 0.29) is 29.8 Å². The van der Waals surface area contributed by atoms with E-state index in [0.29, 0.717) is 16.8 Å². The van der Waals surface area contributed by atoms with Crippen LogP contribution in [-0.4, -0.2) is 42.1 Å². The molecule has 2 aromatic carbocycles. The molecule has 0 amide bonds. The molecule has 164 valence electrons. The highest BCUT2D eigenvalue weighted by Gasteiger charge is 2.23. The molecular formula is C19H20FN5O5S. The van der Waals surface area contributed by atoms with Gasteiger partial charge in [0.25, 0.3) is 5.88 Å². The van der Waals surface area contributed by atoms with Gasteiger partial charge in [0.2, 0.25) is 15.7 Å². The minimum atomic E-state index is -3.79. The minimum absolute atomic E-state index is 0.0631. The van der Waals surface area contributed by atoms with Gasteiger partial charge in [0.15, 0.2) is 5.84 Å². The van der Waals surface area contributed by atoms with Crippen LogP contribution < -0.4 is 15.4 Å². The van der Waals surface area contributed by atoms with Crippen LogP contribution in [0.15, 0.2) is 58.2 Å². The van der Waals surface area contributed by atoms with E-state index in [1.54, 1.807) is 37.3 Å². The molecule has 1 atom stereocenters. The first-order chi connectivity index (χ1) is 14.8. The van der Waals surface area contributed by atoms with E-state index in [2.05, 4.69) is 19.9 Å². The number of aryl methyl sites for hydroxylation is 1. The van der Waals surface area contributed by atoms with Crippen molar-refractivity contribution in [1.82, 2.24) is 15.8 Å². The van der Waals surface area contributed by atoms with Gasteiger partial charge in [0.05, 0.1) is 18.0 Å². The van der Waals surface area contributed by atoms with Crippen molar-refractivity contribution in [1.29, 1.82) is 0 Å². The van der Waals surface area contributed by atoms with Crippen LogP contribution in [0.1, 0.15) is 22.7 Å². The standard InChI is InChI=1S/C19H20FN5O5S/c1-12-9-15(7-8-16(12)20)22-18(23-26)17-19(25-30-24-17)29-10-14(11-31(21,27)28)13-5-3-2-4-6-13/h2-9,14,26H,10-11H2,1H3,(H,22,23)(H2,21,27,28). The number of sulfonamides is 1. The molecule has 1 heterocycles. The first-order valence-corrected chi connectivity index (χ1v) is 10.7. The second-order valence-electron chi connectivity index (χ2n) is 6.67. The monoisotopic (exact) mass is 449 g/mol. The number of benzene rings is 2. The molecule has 10 nitrogen and oxygen atoms in total. The lowest BCUT2D eigenvalue weighted by Gasteiger charge is -2.16. The summed E-state index contributed by atoms with van der Waals surface area (Å²) in [6.45, 7) is 1.46. The quantitative estimate of drug-likeness (QED) is 0.268. The van der Waals surface area contributed by atoms with Gasteiger partial charge in [-0.3, -0.25) is 10.7 Å². The smallest absolute Gasteiger partial charge is 0.287 e. The Kier molecular flexibility index (Phi) is 6.95. The van der Waals surface area contributed by atoms with Crippen LogP contribution in [-0.2, 0) is 10.0 Å². The first kappa shape index (κ1) is 22.3. The van der Waals surface area contributed by atoms with Crippen molar-refractivity contribution in [2.24, 2.45) is 10.1 Å². The summed E-state index contributed by atoms with van der Waals surface area (Å²) in [7, 11) is -3.79. The molecule has 12 heteroatoms. The number of nitrogens with two attached hydrogens (primary N) is 1. The Morgan fingerprint density at radius 3 is 2.68 bits per heavy atom. The number of rotatable bonds is 8. The number of aliphatic imine (C=N–C) groups is 1. The Balaban J connectivity index is 1.84. The zero-order chi connectivity index (χ0) is 22.4. The molecule has 0 fully saturated rings. The molecule has 0 bridgehead atoms. The maximum atomic E-state index is 13.5. The highest BCUT2D eigenvalue weighted by Crippen LogP contribution is 2.22. The molecule has 0 saturated heterocycles.